The Morgan fingerprint density at radius 1 is 1.38 bits per heavy atom. The van der Waals surface area contributed by atoms with E-state index in [0.29, 0.717) is 11.8 Å². The van der Waals surface area contributed by atoms with Crippen molar-refractivity contribution in [3.05, 3.63) is 28.5 Å². The van der Waals surface area contributed by atoms with E-state index in [1.165, 1.54) is 6.33 Å². The van der Waals surface area contributed by atoms with Crippen molar-refractivity contribution >= 4 is 22.9 Å². The number of nitrogens with zero attached hydrogens (tertiary/aromatic N) is 2. The third-order valence-corrected chi connectivity index (χ3v) is 3.32. The molecule has 0 saturated heterocycles. The molecule has 5 heteroatoms. The Balaban J connectivity index is 2.37. The van der Waals surface area contributed by atoms with E-state index in [2.05, 4.69) is 9.97 Å². The number of hydrogen-bond acceptors (Lipinski definition) is 4. The summed E-state index contributed by atoms with van der Waals surface area (Å²) in [7, 11) is 0. The number of aromatic nitrogens is 2. The van der Waals surface area contributed by atoms with E-state index in [1.807, 2.05) is 19.9 Å². The standard InChI is InChI=1S/C11H11ClN2OS/c1-3-15-9-5-10(16-7(9)2)8-4-11(12)14-6-13-8/h4-6H,3H2,1-2H3. The highest BCUT2D eigenvalue weighted by molar-refractivity contribution is 7.15. The molecule has 0 spiro atoms. The van der Waals surface area contributed by atoms with E-state index in [-0.39, 0.29) is 0 Å². The highest BCUT2D eigenvalue weighted by Crippen LogP contribution is 2.35. The molecule has 84 valence electrons. The number of hydrogen-bond donors (Lipinski definition) is 0. The van der Waals surface area contributed by atoms with Crippen molar-refractivity contribution in [2.45, 2.75) is 13.8 Å². The molecular weight excluding hydrogens is 244 g/mol. The molecule has 0 aliphatic heterocycles. The Labute approximate surface area is 103 Å². The third kappa shape index (κ3) is 2.33. The second kappa shape index (κ2) is 4.80. The lowest BCUT2D eigenvalue weighted by Crippen LogP contribution is -1.90. The van der Waals surface area contributed by atoms with Gasteiger partial charge in [0.25, 0.3) is 0 Å². The maximum Gasteiger partial charge on any atom is 0.133 e. The zero-order valence-electron chi connectivity index (χ0n) is 9.03. The second-order valence-corrected chi connectivity index (χ2v) is 4.83. The summed E-state index contributed by atoms with van der Waals surface area (Å²) < 4.78 is 5.50. The van der Waals surface area contributed by atoms with E-state index in [4.69, 9.17) is 16.3 Å². The number of halogens is 1. The van der Waals surface area contributed by atoms with Gasteiger partial charge >= 0.3 is 0 Å². The molecule has 0 aliphatic rings. The van der Waals surface area contributed by atoms with Crippen LogP contribution in [0.3, 0.4) is 0 Å². The van der Waals surface area contributed by atoms with Crippen LogP contribution in [0.15, 0.2) is 18.5 Å². The maximum absolute atomic E-state index is 5.82. The van der Waals surface area contributed by atoms with Crippen LogP contribution in [0, 0.1) is 6.92 Å². The van der Waals surface area contributed by atoms with Gasteiger partial charge in [-0.1, -0.05) is 11.6 Å². The Kier molecular flexibility index (Phi) is 3.41. The first-order valence-corrected chi connectivity index (χ1v) is 6.11. The number of ether oxygens (including phenoxy) is 1. The molecule has 0 N–H and O–H groups in total. The van der Waals surface area contributed by atoms with Gasteiger partial charge in [0.1, 0.15) is 17.2 Å². The van der Waals surface area contributed by atoms with Gasteiger partial charge in [0, 0.05) is 17.0 Å². The highest BCUT2D eigenvalue weighted by Gasteiger charge is 2.09. The van der Waals surface area contributed by atoms with Crippen LogP contribution >= 0.6 is 22.9 Å². The molecule has 2 aromatic heterocycles. The van der Waals surface area contributed by atoms with Gasteiger partial charge < -0.3 is 4.74 Å². The molecule has 0 bridgehead atoms. The van der Waals surface area contributed by atoms with Gasteiger partial charge in [0.05, 0.1) is 17.2 Å². The number of thiophene rings is 1. The largest absolute Gasteiger partial charge is 0.493 e. The first-order valence-electron chi connectivity index (χ1n) is 4.92. The quantitative estimate of drug-likeness (QED) is 0.786. The molecule has 2 heterocycles. The van der Waals surface area contributed by atoms with Crippen LogP contribution in [0.1, 0.15) is 11.8 Å². The van der Waals surface area contributed by atoms with Crippen molar-refractivity contribution in [2.75, 3.05) is 6.61 Å². The SMILES string of the molecule is CCOc1cc(-c2cc(Cl)ncn2)sc1C. The van der Waals surface area contributed by atoms with Gasteiger partial charge in [-0.05, 0) is 13.8 Å². The van der Waals surface area contributed by atoms with E-state index in [1.54, 1.807) is 17.4 Å². The summed E-state index contributed by atoms with van der Waals surface area (Å²) in [5.74, 6) is 0.914. The summed E-state index contributed by atoms with van der Waals surface area (Å²) >= 11 is 7.47. The van der Waals surface area contributed by atoms with Gasteiger partial charge in [-0.15, -0.1) is 11.3 Å². The molecule has 16 heavy (non-hydrogen) atoms. The Bertz CT molecular complexity index is 498. The van der Waals surface area contributed by atoms with E-state index in [9.17, 15) is 0 Å². The highest BCUT2D eigenvalue weighted by atomic mass is 35.5. The summed E-state index contributed by atoms with van der Waals surface area (Å²) in [5.41, 5.74) is 0.832. The zero-order valence-corrected chi connectivity index (χ0v) is 10.6. The zero-order chi connectivity index (χ0) is 11.5. The topological polar surface area (TPSA) is 35.0 Å². The minimum absolute atomic E-state index is 0.453. The predicted octanol–water partition coefficient (Wildman–Crippen LogP) is 3.57. The Morgan fingerprint density at radius 2 is 2.19 bits per heavy atom. The van der Waals surface area contributed by atoms with Crippen LogP contribution in [-0.2, 0) is 0 Å². The van der Waals surface area contributed by atoms with Crippen molar-refractivity contribution in [1.82, 2.24) is 9.97 Å². The van der Waals surface area contributed by atoms with E-state index in [0.717, 1.165) is 21.2 Å². The fourth-order valence-electron chi connectivity index (χ4n) is 1.36. The average Bonchev–Trinajstić information content (AvgIpc) is 2.61. The molecule has 2 rings (SSSR count). The summed E-state index contributed by atoms with van der Waals surface area (Å²) in [6, 6.07) is 3.74. The van der Waals surface area contributed by atoms with E-state index < -0.39 is 0 Å². The predicted molar refractivity (Wildman–Crippen MR) is 66.3 cm³/mol. The Hall–Kier alpha value is -1.13. The molecule has 3 nitrogen and oxygen atoms in total. The number of aryl methyl sites for hydroxylation is 1. The van der Waals surface area contributed by atoms with Crippen LogP contribution in [-0.4, -0.2) is 16.6 Å². The molecule has 0 amide bonds. The van der Waals surface area contributed by atoms with Crippen LogP contribution in [0.25, 0.3) is 10.6 Å². The summed E-state index contributed by atoms with van der Waals surface area (Å²) in [5, 5.41) is 0.453. The van der Waals surface area contributed by atoms with Crippen LogP contribution < -0.4 is 4.74 Å². The molecular formula is C11H11ClN2OS. The molecule has 0 saturated carbocycles. The van der Waals surface area contributed by atoms with Gasteiger partial charge in [0.15, 0.2) is 0 Å². The van der Waals surface area contributed by atoms with Crippen LogP contribution in [0.5, 0.6) is 5.75 Å². The molecule has 0 unspecified atom stereocenters. The first-order chi connectivity index (χ1) is 7.70. The first kappa shape index (κ1) is 11.4. The fraction of sp³-hybridized carbons (Fsp3) is 0.273. The fourth-order valence-corrected chi connectivity index (χ4v) is 2.44. The van der Waals surface area contributed by atoms with Crippen molar-refractivity contribution in [3.63, 3.8) is 0 Å². The summed E-state index contributed by atoms with van der Waals surface area (Å²) in [4.78, 5) is 10.2. The minimum atomic E-state index is 0.453. The number of rotatable bonds is 3. The molecule has 0 aromatic carbocycles. The molecule has 2 aromatic rings. The molecule has 0 fully saturated rings. The molecule has 0 aliphatic carbocycles. The van der Waals surface area contributed by atoms with E-state index >= 15 is 0 Å². The normalized spacial score (nSPS) is 10.4. The summed E-state index contributed by atoms with van der Waals surface area (Å²) in [6.45, 7) is 4.67. The Morgan fingerprint density at radius 3 is 2.88 bits per heavy atom. The van der Waals surface area contributed by atoms with Gasteiger partial charge in [-0.25, -0.2) is 9.97 Å². The summed E-state index contributed by atoms with van der Waals surface area (Å²) in [6.07, 6.45) is 1.47. The lowest BCUT2D eigenvalue weighted by Gasteiger charge is -1.98. The minimum Gasteiger partial charge on any atom is -0.493 e. The van der Waals surface area contributed by atoms with Gasteiger partial charge in [-0.2, -0.15) is 0 Å². The average molecular weight is 255 g/mol. The maximum atomic E-state index is 5.82. The second-order valence-electron chi connectivity index (χ2n) is 3.19. The molecule has 0 radical (unpaired) electrons. The van der Waals surface area contributed by atoms with Crippen molar-refractivity contribution in [3.8, 4) is 16.3 Å². The van der Waals surface area contributed by atoms with Crippen LogP contribution in [0.2, 0.25) is 5.15 Å². The van der Waals surface area contributed by atoms with Gasteiger partial charge in [0.2, 0.25) is 0 Å². The smallest absolute Gasteiger partial charge is 0.133 e. The van der Waals surface area contributed by atoms with Crippen LogP contribution in [0.4, 0.5) is 0 Å². The van der Waals surface area contributed by atoms with Crippen molar-refractivity contribution < 1.29 is 4.74 Å². The van der Waals surface area contributed by atoms with Crippen molar-refractivity contribution in [2.24, 2.45) is 0 Å². The van der Waals surface area contributed by atoms with Crippen molar-refractivity contribution in [1.29, 1.82) is 0 Å². The third-order valence-electron chi connectivity index (χ3n) is 2.06. The van der Waals surface area contributed by atoms with Gasteiger partial charge in [-0.3, -0.25) is 0 Å². The molecule has 0 atom stereocenters. The lowest BCUT2D eigenvalue weighted by atomic mass is 10.3. The lowest BCUT2D eigenvalue weighted by molar-refractivity contribution is 0.340. The monoisotopic (exact) mass is 254 g/mol.